The van der Waals surface area contributed by atoms with Crippen molar-refractivity contribution in [1.29, 1.82) is 0 Å². The number of nitrogens with two attached hydrogens (primary N) is 1. The fraction of sp³-hybridized carbons (Fsp3) is 0.500. The van der Waals surface area contributed by atoms with Gasteiger partial charge in [0.15, 0.2) is 0 Å². The van der Waals surface area contributed by atoms with E-state index in [1.807, 2.05) is 31.2 Å². The molecule has 84 valence electrons. The number of aliphatic hydroxyl groups excluding tert-OH is 1. The Bertz CT molecular complexity index is 287. The Hall–Kier alpha value is -1.06. The molecule has 1 atom stereocenters. The highest BCUT2D eigenvalue weighted by molar-refractivity contribution is 5.46. The first-order valence-corrected chi connectivity index (χ1v) is 5.42. The molecule has 0 amide bonds. The maximum atomic E-state index is 9.07. The molecule has 1 aromatic rings. The number of nitrogens with one attached hydrogen (secondary N) is 1. The molecular formula is C12H20N2O. The van der Waals surface area contributed by atoms with Crippen molar-refractivity contribution in [1.82, 2.24) is 5.32 Å². The van der Waals surface area contributed by atoms with Crippen molar-refractivity contribution in [2.24, 2.45) is 0 Å². The summed E-state index contributed by atoms with van der Waals surface area (Å²) < 4.78 is 0. The molecule has 0 saturated carbocycles. The molecule has 0 radical (unpaired) electrons. The summed E-state index contributed by atoms with van der Waals surface area (Å²) >= 11 is 0. The van der Waals surface area contributed by atoms with Crippen LogP contribution in [0.2, 0.25) is 0 Å². The molecule has 0 saturated heterocycles. The number of nitrogen functional groups attached to an aromatic ring is 1. The molecule has 1 unspecified atom stereocenters. The predicted molar refractivity (Wildman–Crippen MR) is 63.5 cm³/mol. The van der Waals surface area contributed by atoms with Crippen LogP contribution in [0.4, 0.5) is 5.69 Å². The van der Waals surface area contributed by atoms with Crippen molar-refractivity contribution in [2.45, 2.75) is 32.4 Å². The zero-order valence-corrected chi connectivity index (χ0v) is 9.24. The molecule has 1 rings (SSSR count). The summed E-state index contributed by atoms with van der Waals surface area (Å²) in [4.78, 5) is 0. The third-order valence-corrected chi connectivity index (χ3v) is 2.35. The van der Waals surface area contributed by atoms with Gasteiger partial charge in [-0.15, -0.1) is 0 Å². The van der Waals surface area contributed by atoms with Crippen molar-refractivity contribution < 1.29 is 5.11 Å². The lowest BCUT2D eigenvalue weighted by Gasteiger charge is -2.08. The van der Waals surface area contributed by atoms with Crippen LogP contribution in [0.5, 0.6) is 0 Å². The molecule has 0 aliphatic rings. The molecule has 1 aromatic carbocycles. The molecule has 15 heavy (non-hydrogen) atoms. The molecular weight excluding hydrogens is 188 g/mol. The first-order valence-electron chi connectivity index (χ1n) is 5.42. The number of benzene rings is 1. The lowest BCUT2D eigenvalue weighted by atomic mass is 10.2. The summed E-state index contributed by atoms with van der Waals surface area (Å²) in [5, 5.41) is 12.4. The summed E-state index contributed by atoms with van der Waals surface area (Å²) in [6.07, 6.45) is 1.63. The van der Waals surface area contributed by atoms with Gasteiger partial charge < -0.3 is 16.2 Å². The highest BCUT2D eigenvalue weighted by Crippen LogP contribution is 2.09. The second kappa shape index (κ2) is 6.43. The normalized spacial score (nSPS) is 12.7. The number of rotatable bonds is 6. The molecule has 0 heterocycles. The topological polar surface area (TPSA) is 58.3 Å². The average molecular weight is 208 g/mol. The van der Waals surface area contributed by atoms with Crippen LogP contribution in [0.1, 0.15) is 25.3 Å². The van der Waals surface area contributed by atoms with Crippen LogP contribution in [0.25, 0.3) is 0 Å². The van der Waals surface area contributed by atoms with E-state index >= 15 is 0 Å². The van der Waals surface area contributed by atoms with Crippen molar-refractivity contribution in [3.8, 4) is 0 Å². The molecule has 0 aliphatic heterocycles. The third kappa shape index (κ3) is 4.81. The van der Waals surface area contributed by atoms with Crippen LogP contribution in [-0.4, -0.2) is 17.8 Å². The molecule has 0 bridgehead atoms. The van der Waals surface area contributed by atoms with Gasteiger partial charge in [0, 0.05) is 12.2 Å². The Morgan fingerprint density at radius 1 is 1.40 bits per heavy atom. The average Bonchev–Trinajstić information content (AvgIpc) is 2.20. The maximum Gasteiger partial charge on any atom is 0.0512 e. The highest BCUT2D eigenvalue weighted by Gasteiger charge is 1.97. The van der Waals surface area contributed by atoms with E-state index in [1.165, 1.54) is 0 Å². The molecule has 4 N–H and O–H groups in total. The van der Waals surface area contributed by atoms with E-state index in [2.05, 4.69) is 5.32 Å². The van der Waals surface area contributed by atoms with E-state index < -0.39 is 0 Å². The minimum atomic E-state index is -0.200. The Morgan fingerprint density at radius 3 is 2.80 bits per heavy atom. The second-order valence-corrected chi connectivity index (χ2v) is 3.87. The number of hydrogen-bond donors (Lipinski definition) is 3. The first-order chi connectivity index (χ1) is 7.20. The predicted octanol–water partition coefficient (Wildman–Crippen LogP) is 1.52. The first kappa shape index (κ1) is 12.0. The van der Waals surface area contributed by atoms with Crippen LogP contribution in [0.15, 0.2) is 24.3 Å². The van der Waals surface area contributed by atoms with Crippen molar-refractivity contribution in [3.63, 3.8) is 0 Å². The summed E-state index contributed by atoms with van der Waals surface area (Å²) in [6, 6.07) is 7.86. The number of anilines is 1. The van der Waals surface area contributed by atoms with Crippen molar-refractivity contribution >= 4 is 5.69 Å². The summed E-state index contributed by atoms with van der Waals surface area (Å²) in [5.41, 5.74) is 7.77. The van der Waals surface area contributed by atoms with E-state index in [0.29, 0.717) is 0 Å². The third-order valence-electron chi connectivity index (χ3n) is 2.35. The van der Waals surface area contributed by atoms with E-state index in [0.717, 1.165) is 37.2 Å². The largest absolute Gasteiger partial charge is 0.398 e. The Morgan fingerprint density at radius 2 is 2.13 bits per heavy atom. The van der Waals surface area contributed by atoms with Gasteiger partial charge in [-0.3, -0.25) is 0 Å². The fourth-order valence-corrected chi connectivity index (χ4v) is 1.44. The lowest BCUT2D eigenvalue weighted by Crippen LogP contribution is -2.17. The minimum Gasteiger partial charge on any atom is -0.398 e. The SMILES string of the molecule is CC(O)CCCNCc1ccccc1N. The monoisotopic (exact) mass is 208 g/mol. The van der Waals surface area contributed by atoms with Gasteiger partial charge >= 0.3 is 0 Å². The van der Waals surface area contributed by atoms with E-state index in [4.69, 9.17) is 10.8 Å². The van der Waals surface area contributed by atoms with Gasteiger partial charge in [0.05, 0.1) is 6.10 Å². The van der Waals surface area contributed by atoms with Crippen LogP contribution in [-0.2, 0) is 6.54 Å². The Labute approximate surface area is 91.3 Å². The number of hydrogen-bond acceptors (Lipinski definition) is 3. The fourth-order valence-electron chi connectivity index (χ4n) is 1.44. The zero-order chi connectivity index (χ0) is 11.1. The summed E-state index contributed by atoms with van der Waals surface area (Å²) in [5.74, 6) is 0. The van der Waals surface area contributed by atoms with Gasteiger partial charge in [0.25, 0.3) is 0 Å². The highest BCUT2D eigenvalue weighted by atomic mass is 16.3. The standard InChI is InChI=1S/C12H20N2O/c1-10(15)5-4-8-14-9-11-6-2-3-7-12(11)13/h2-3,6-7,10,14-15H,4-5,8-9,13H2,1H3. The van der Waals surface area contributed by atoms with Crippen LogP contribution in [0, 0.1) is 0 Å². The number of aliphatic hydroxyl groups is 1. The molecule has 0 fully saturated rings. The number of para-hydroxylation sites is 1. The van der Waals surface area contributed by atoms with Crippen LogP contribution >= 0.6 is 0 Å². The molecule has 0 aliphatic carbocycles. The molecule has 0 spiro atoms. The van der Waals surface area contributed by atoms with Gasteiger partial charge in [-0.05, 0) is 37.9 Å². The summed E-state index contributed by atoms with van der Waals surface area (Å²) in [6.45, 7) is 3.53. The zero-order valence-electron chi connectivity index (χ0n) is 9.24. The maximum absolute atomic E-state index is 9.07. The second-order valence-electron chi connectivity index (χ2n) is 3.87. The van der Waals surface area contributed by atoms with E-state index in [1.54, 1.807) is 0 Å². The van der Waals surface area contributed by atoms with E-state index in [-0.39, 0.29) is 6.10 Å². The summed E-state index contributed by atoms with van der Waals surface area (Å²) in [7, 11) is 0. The molecule has 3 nitrogen and oxygen atoms in total. The Balaban J connectivity index is 2.18. The van der Waals surface area contributed by atoms with Crippen LogP contribution in [0.3, 0.4) is 0 Å². The smallest absolute Gasteiger partial charge is 0.0512 e. The van der Waals surface area contributed by atoms with Gasteiger partial charge in [0.1, 0.15) is 0 Å². The van der Waals surface area contributed by atoms with Gasteiger partial charge in [-0.2, -0.15) is 0 Å². The van der Waals surface area contributed by atoms with Crippen LogP contribution < -0.4 is 11.1 Å². The molecule has 0 aromatic heterocycles. The van der Waals surface area contributed by atoms with Gasteiger partial charge in [-0.25, -0.2) is 0 Å². The van der Waals surface area contributed by atoms with Crippen molar-refractivity contribution in [2.75, 3.05) is 12.3 Å². The minimum absolute atomic E-state index is 0.200. The van der Waals surface area contributed by atoms with Crippen molar-refractivity contribution in [3.05, 3.63) is 29.8 Å². The molecule has 3 heteroatoms. The Kier molecular flexibility index (Phi) is 5.15. The van der Waals surface area contributed by atoms with Gasteiger partial charge in [-0.1, -0.05) is 18.2 Å². The van der Waals surface area contributed by atoms with E-state index in [9.17, 15) is 0 Å². The lowest BCUT2D eigenvalue weighted by molar-refractivity contribution is 0.181. The van der Waals surface area contributed by atoms with Gasteiger partial charge in [0.2, 0.25) is 0 Å². The quantitative estimate of drug-likeness (QED) is 0.491.